The van der Waals surface area contributed by atoms with Gasteiger partial charge in [-0.05, 0) is 36.5 Å². The third-order valence-electron chi connectivity index (χ3n) is 3.65. The molecule has 1 fully saturated rings. The van der Waals surface area contributed by atoms with Gasteiger partial charge in [-0.3, -0.25) is 0 Å². The minimum Gasteiger partial charge on any atom is -0.204 e. The Hall–Kier alpha value is -0.340. The Labute approximate surface area is 116 Å². The van der Waals surface area contributed by atoms with Crippen molar-refractivity contribution in [2.75, 3.05) is 0 Å². The van der Waals surface area contributed by atoms with Crippen LogP contribution in [0.15, 0.2) is 12.1 Å². The number of alkyl halides is 1. The van der Waals surface area contributed by atoms with Gasteiger partial charge in [0.15, 0.2) is 11.6 Å². The molecule has 1 atom stereocenters. The normalized spacial score (nSPS) is 19.6. The molecule has 1 saturated carbocycles. The van der Waals surface area contributed by atoms with Gasteiger partial charge in [0.1, 0.15) is 0 Å². The van der Waals surface area contributed by atoms with Crippen LogP contribution >= 0.6 is 23.2 Å². The van der Waals surface area contributed by atoms with E-state index in [0.29, 0.717) is 11.5 Å². The maximum Gasteiger partial charge on any atom is 0.160 e. The Morgan fingerprint density at radius 1 is 1.00 bits per heavy atom. The predicted molar refractivity (Wildman–Crippen MR) is 71.2 cm³/mol. The molecule has 100 valence electrons. The monoisotopic (exact) mass is 292 g/mol. The highest BCUT2D eigenvalue weighted by molar-refractivity contribution is 6.32. The molecule has 0 aliphatic heterocycles. The molecule has 0 aromatic heterocycles. The number of rotatable bonds is 2. The van der Waals surface area contributed by atoms with E-state index < -0.39 is 11.6 Å². The van der Waals surface area contributed by atoms with Gasteiger partial charge in [0.25, 0.3) is 0 Å². The van der Waals surface area contributed by atoms with E-state index in [0.717, 1.165) is 37.8 Å². The molecule has 0 saturated heterocycles. The number of benzene rings is 1. The predicted octanol–water partition coefficient (Wildman–Crippen LogP) is 5.87. The first-order chi connectivity index (χ1) is 8.59. The lowest BCUT2D eigenvalue weighted by Crippen LogP contribution is -2.08. The van der Waals surface area contributed by atoms with Gasteiger partial charge in [-0.15, -0.1) is 11.6 Å². The van der Waals surface area contributed by atoms with Crippen molar-refractivity contribution >= 4 is 23.2 Å². The molecule has 0 N–H and O–H groups in total. The summed E-state index contributed by atoms with van der Waals surface area (Å²) in [6.45, 7) is 0. The molecule has 1 aromatic carbocycles. The molecular formula is C14H16Cl2F2. The Balaban J connectivity index is 2.21. The van der Waals surface area contributed by atoms with Crippen molar-refractivity contribution < 1.29 is 8.78 Å². The summed E-state index contributed by atoms with van der Waals surface area (Å²) < 4.78 is 26.3. The maximum absolute atomic E-state index is 13.3. The Bertz CT molecular complexity index is 413. The molecule has 1 aliphatic rings. The Morgan fingerprint density at radius 3 is 2.17 bits per heavy atom. The van der Waals surface area contributed by atoms with E-state index in [1.165, 1.54) is 12.8 Å². The lowest BCUT2D eigenvalue weighted by molar-refractivity contribution is 0.441. The zero-order valence-corrected chi connectivity index (χ0v) is 11.6. The second-order valence-electron chi connectivity index (χ2n) is 4.94. The highest BCUT2D eigenvalue weighted by Crippen LogP contribution is 2.40. The van der Waals surface area contributed by atoms with E-state index in [9.17, 15) is 8.78 Å². The van der Waals surface area contributed by atoms with Crippen molar-refractivity contribution in [2.45, 2.75) is 43.9 Å². The van der Waals surface area contributed by atoms with Crippen LogP contribution in [-0.4, -0.2) is 0 Å². The summed E-state index contributed by atoms with van der Waals surface area (Å²) in [5.74, 6) is -1.50. The molecule has 0 spiro atoms. The largest absolute Gasteiger partial charge is 0.204 e. The third-order valence-corrected chi connectivity index (χ3v) is 4.57. The second-order valence-corrected chi connectivity index (χ2v) is 5.82. The van der Waals surface area contributed by atoms with Crippen LogP contribution < -0.4 is 0 Å². The van der Waals surface area contributed by atoms with Crippen molar-refractivity contribution in [3.63, 3.8) is 0 Å². The average molecular weight is 293 g/mol. The standard InChI is InChI=1S/C14H16Cl2F2/c15-11-8-13(18)12(17)7-10(11)14(16)9-5-3-1-2-4-6-9/h7-9,14H,1-6H2. The van der Waals surface area contributed by atoms with Crippen LogP contribution in [0.5, 0.6) is 0 Å². The molecular weight excluding hydrogens is 277 g/mol. The van der Waals surface area contributed by atoms with Crippen molar-refractivity contribution in [2.24, 2.45) is 5.92 Å². The summed E-state index contributed by atoms with van der Waals surface area (Å²) >= 11 is 12.4. The molecule has 4 heteroatoms. The van der Waals surface area contributed by atoms with Gasteiger partial charge in [-0.25, -0.2) is 8.78 Å². The van der Waals surface area contributed by atoms with Crippen LogP contribution in [0.2, 0.25) is 5.02 Å². The van der Waals surface area contributed by atoms with Crippen LogP contribution in [0, 0.1) is 17.6 Å². The minimum atomic E-state index is -0.923. The maximum atomic E-state index is 13.3. The fourth-order valence-electron chi connectivity index (χ4n) is 2.61. The number of hydrogen-bond acceptors (Lipinski definition) is 0. The van der Waals surface area contributed by atoms with Gasteiger partial charge in [-0.2, -0.15) is 0 Å². The summed E-state index contributed by atoms with van der Waals surface area (Å²) in [6, 6.07) is 2.15. The Morgan fingerprint density at radius 2 is 1.56 bits per heavy atom. The summed E-state index contributed by atoms with van der Waals surface area (Å²) in [4.78, 5) is 0. The summed E-state index contributed by atoms with van der Waals surface area (Å²) in [7, 11) is 0. The van der Waals surface area contributed by atoms with Crippen molar-refractivity contribution in [1.29, 1.82) is 0 Å². The molecule has 0 heterocycles. The molecule has 0 radical (unpaired) electrons. The SMILES string of the molecule is Fc1cc(Cl)c(C(Cl)C2CCCCCC2)cc1F. The highest BCUT2D eigenvalue weighted by atomic mass is 35.5. The first kappa shape index (κ1) is 14.1. The van der Waals surface area contributed by atoms with Crippen molar-refractivity contribution in [1.82, 2.24) is 0 Å². The van der Waals surface area contributed by atoms with E-state index in [4.69, 9.17) is 23.2 Å². The highest BCUT2D eigenvalue weighted by Gasteiger charge is 2.25. The molecule has 1 unspecified atom stereocenters. The van der Waals surface area contributed by atoms with Gasteiger partial charge < -0.3 is 0 Å². The molecule has 0 bridgehead atoms. The number of hydrogen-bond donors (Lipinski definition) is 0. The molecule has 0 amide bonds. The lowest BCUT2D eigenvalue weighted by Gasteiger charge is -2.21. The molecule has 18 heavy (non-hydrogen) atoms. The minimum absolute atomic E-state index is 0.221. The molecule has 0 nitrogen and oxygen atoms in total. The van der Waals surface area contributed by atoms with E-state index in [1.54, 1.807) is 0 Å². The summed E-state index contributed by atoms with van der Waals surface area (Å²) in [6.07, 6.45) is 6.81. The van der Waals surface area contributed by atoms with Gasteiger partial charge in [0.05, 0.1) is 5.38 Å². The van der Waals surface area contributed by atoms with E-state index in [1.807, 2.05) is 0 Å². The van der Waals surface area contributed by atoms with Crippen LogP contribution in [0.25, 0.3) is 0 Å². The fourth-order valence-corrected chi connectivity index (χ4v) is 3.36. The summed E-state index contributed by atoms with van der Waals surface area (Å²) in [5.41, 5.74) is 0.518. The summed E-state index contributed by atoms with van der Waals surface area (Å²) in [5, 5.41) is -0.108. The first-order valence-corrected chi connectivity index (χ1v) is 7.19. The van der Waals surface area contributed by atoms with Crippen LogP contribution in [0.3, 0.4) is 0 Å². The van der Waals surface area contributed by atoms with Gasteiger partial charge in [-0.1, -0.05) is 37.3 Å². The fraction of sp³-hybridized carbons (Fsp3) is 0.571. The average Bonchev–Trinajstić information content (AvgIpc) is 2.61. The zero-order valence-electron chi connectivity index (χ0n) is 10.1. The number of halogens is 4. The second kappa shape index (κ2) is 6.21. The van der Waals surface area contributed by atoms with E-state index >= 15 is 0 Å². The van der Waals surface area contributed by atoms with E-state index in [2.05, 4.69) is 0 Å². The molecule has 1 aliphatic carbocycles. The topological polar surface area (TPSA) is 0 Å². The van der Waals surface area contributed by atoms with Gasteiger partial charge in [0.2, 0.25) is 0 Å². The van der Waals surface area contributed by atoms with E-state index in [-0.39, 0.29) is 10.4 Å². The van der Waals surface area contributed by atoms with Crippen LogP contribution in [0.1, 0.15) is 49.5 Å². The Kier molecular flexibility index (Phi) is 4.85. The quantitative estimate of drug-likeness (QED) is 0.363. The lowest BCUT2D eigenvalue weighted by atomic mass is 9.92. The van der Waals surface area contributed by atoms with Gasteiger partial charge in [0, 0.05) is 5.02 Å². The smallest absolute Gasteiger partial charge is 0.160 e. The van der Waals surface area contributed by atoms with Crippen LogP contribution in [0.4, 0.5) is 8.78 Å². The third kappa shape index (κ3) is 3.16. The molecule has 1 aromatic rings. The van der Waals surface area contributed by atoms with Crippen molar-refractivity contribution in [3.05, 3.63) is 34.4 Å². The van der Waals surface area contributed by atoms with Gasteiger partial charge >= 0.3 is 0 Å². The first-order valence-electron chi connectivity index (χ1n) is 6.38. The van der Waals surface area contributed by atoms with Crippen molar-refractivity contribution in [3.8, 4) is 0 Å². The zero-order chi connectivity index (χ0) is 13.1. The van der Waals surface area contributed by atoms with Crippen LogP contribution in [-0.2, 0) is 0 Å². The molecule has 2 rings (SSSR count).